The van der Waals surface area contributed by atoms with Crippen molar-refractivity contribution in [3.63, 3.8) is 0 Å². The van der Waals surface area contributed by atoms with Crippen molar-refractivity contribution >= 4 is 16.0 Å². The molecule has 0 saturated carbocycles. The predicted molar refractivity (Wildman–Crippen MR) is 92.9 cm³/mol. The summed E-state index contributed by atoms with van der Waals surface area (Å²) in [5.74, 6) is -0.605. The second-order valence-corrected chi connectivity index (χ2v) is 7.57. The van der Waals surface area contributed by atoms with Crippen LogP contribution in [0, 0.1) is 11.7 Å². The van der Waals surface area contributed by atoms with E-state index in [9.17, 15) is 17.6 Å². The molecule has 1 fully saturated rings. The summed E-state index contributed by atoms with van der Waals surface area (Å²) in [5, 5.41) is 0. The summed E-state index contributed by atoms with van der Waals surface area (Å²) in [7, 11) is -4.02. The van der Waals surface area contributed by atoms with Crippen molar-refractivity contribution in [3.05, 3.63) is 54.3 Å². The average Bonchev–Trinajstić information content (AvgIpc) is 2.69. The molecule has 1 heterocycles. The molecule has 7 nitrogen and oxygen atoms in total. The van der Waals surface area contributed by atoms with E-state index < -0.39 is 16.0 Å². The molecular weight excluding hydrogens is 377 g/mol. The number of halogens is 1. The van der Waals surface area contributed by atoms with Gasteiger partial charge in [-0.15, -0.1) is 0 Å². The molecule has 1 aliphatic rings. The van der Waals surface area contributed by atoms with Crippen molar-refractivity contribution in [2.24, 2.45) is 5.92 Å². The second-order valence-electron chi connectivity index (χ2n) is 5.92. The number of nitrogens with one attached hydrogen (secondary N) is 1. The molecule has 1 aliphatic heterocycles. The number of hydrogen-bond acceptors (Lipinski definition) is 6. The van der Waals surface area contributed by atoms with Crippen molar-refractivity contribution in [3.8, 4) is 11.5 Å². The van der Waals surface area contributed by atoms with E-state index >= 15 is 0 Å². The molecule has 1 N–H and O–H groups in total. The summed E-state index contributed by atoms with van der Waals surface area (Å²) in [4.78, 5) is 18.4. The van der Waals surface area contributed by atoms with Gasteiger partial charge in [0, 0.05) is 13.2 Å². The first-order valence-electron chi connectivity index (χ1n) is 8.28. The minimum atomic E-state index is -4.02. The van der Waals surface area contributed by atoms with Crippen LogP contribution in [0.5, 0.6) is 11.5 Å². The number of carbonyl (C=O) groups excluding carboxylic acids is 1. The zero-order valence-corrected chi connectivity index (χ0v) is 15.1. The van der Waals surface area contributed by atoms with Gasteiger partial charge >= 0.3 is 5.97 Å². The van der Waals surface area contributed by atoms with E-state index in [2.05, 4.69) is 0 Å². The van der Waals surface area contributed by atoms with E-state index in [1.165, 1.54) is 48.5 Å². The van der Waals surface area contributed by atoms with E-state index in [4.69, 9.17) is 14.3 Å². The maximum absolute atomic E-state index is 12.9. The fourth-order valence-corrected chi connectivity index (χ4v) is 3.27. The summed E-state index contributed by atoms with van der Waals surface area (Å²) in [5.41, 5.74) is 0. The van der Waals surface area contributed by atoms with Crippen molar-refractivity contribution in [1.29, 1.82) is 0 Å². The van der Waals surface area contributed by atoms with Crippen LogP contribution in [0.1, 0.15) is 12.8 Å². The minimum absolute atomic E-state index is 0.0891. The lowest BCUT2D eigenvalue weighted by atomic mass is 10.0. The highest BCUT2D eigenvalue weighted by molar-refractivity contribution is 7.89. The number of hydrogen-bond donors (Lipinski definition) is 1. The normalized spacial score (nSPS) is 15.3. The van der Waals surface area contributed by atoms with Gasteiger partial charge in [0.15, 0.2) is 0 Å². The molecular formula is C18H18FNO6S. The van der Waals surface area contributed by atoms with Crippen LogP contribution in [0.2, 0.25) is 0 Å². The number of ether oxygens (including phenoxy) is 2. The van der Waals surface area contributed by atoms with Crippen LogP contribution in [0.25, 0.3) is 0 Å². The molecule has 27 heavy (non-hydrogen) atoms. The van der Waals surface area contributed by atoms with Crippen molar-refractivity contribution in [2.45, 2.75) is 17.7 Å². The highest BCUT2D eigenvalue weighted by atomic mass is 32.2. The third-order valence-electron chi connectivity index (χ3n) is 3.99. The minimum Gasteiger partial charge on any atom is -0.457 e. The fraction of sp³-hybridized carbons (Fsp3) is 0.278. The summed E-state index contributed by atoms with van der Waals surface area (Å²) >= 11 is 0. The standard InChI is InChI=1S/C18H18FNO6S/c19-14-1-3-15(4-2-14)25-16-5-7-17(8-6-16)27(22,23)20-26-18(21)13-9-11-24-12-10-13/h1-8,13,20H,9-12H2. The molecule has 0 bridgehead atoms. The van der Waals surface area contributed by atoms with Gasteiger partial charge in [-0.25, -0.2) is 12.8 Å². The highest BCUT2D eigenvalue weighted by Gasteiger charge is 2.25. The molecule has 3 rings (SSSR count). The molecule has 1 saturated heterocycles. The van der Waals surface area contributed by atoms with Gasteiger partial charge in [-0.05, 0) is 66.3 Å². The van der Waals surface area contributed by atoms with Crippen LogP contribution >= 0.6 is 0 Å². The first-order valence-corrected chi connectivity index (χ1v) is 9.76. The highest BCUT2D eigenvalue weighted by Crippen LogP contribution is 2.23. The molecule has 0 radical (unpaired) electrons. The van der Waals surface area contributed by atoms with Crippen molar-refractivity contribution < 1.29 is 31.9 Å². The predicted octanol–water partition coefficient (Wildman–Crippen LogP) is 2.78. The zero-order chi connectivity index (χ0) is 19.3. The summed E-state index contributed by atoms with van der Waals surface area (Å²) < 4.78 is 48.0. The average molecular weight is 395 g/mol. The molecule has 2 aromatic carbocycles. The molecule has 0 spiro atoms. The Kier molecular flexibility index (Phi) is 6.04. The van der Waals surface area contributed by atoms with E-state index in [-0.39, 0.29) is 16.6 Å². The quantitative estimate of drug-likeness (QED) is 0.757. The van der Waals surface area contributed by atoms with Crippen LogP contribution in [-0.4, -0.2) is 27.6 Å². The Bertz CT molecular complexity index is 877. The number of carbonyl (C=O) groups is 1. The Morgan fingerprint density at radius 2 is 1.56 bits per heavy atom. The van der Waals surface area contributed by atoms with E-state index in [0.29, 0.717) is 37.6 Å². The fourth-order valence-electron chi connectivity index (χ4n) is 2.49. The third kappa shape index (κ3) is 5.25. The van der Waals surface area contributed by atoms with Crippen LogP contribution in [0.3, 0.4) is 0 Å². The SMILES string of the molecule is O=C(ONS(=O)(=O)c1ccc(Oc2ccc(F)cc2)cc1)C1CCOCC1. The van der Waals surface area contributed by atoms with Gasteiger partial charge in [-0.1, -0.05) is 0 Å². The Morgan fingerprint density at radius 3 is 2.15 bits per heavy atom. The van der Waals surface area contributed by atoms with Crippen molar-refractivity contribution in [1.82, 2.24) is 4.89 Å². The lowest BCUT2D eigenvalue weighted by molar-refractivity contribution is -0.155. The lowest BCUT2D eigenvalue weighted by Crippen LogP contribution is -2.33. The molecule has 144 valence electrons. The van der Waals surface area contributed by atoms with Crippen molar-refractivity contribution in [2.75, 3.05) is 13.2 Å². The summed E-state index contributed by atoms with van der Waals surface area (Å²) in [6.45, 7) is 0.893. The van der Waals surface area contributed by atoms with Gasteiger partial charge in [0.1, 0.15) is 17.3 Å². The first-order chi connectivity index (χ1) is 12.9. The van der Waals surface area contributed by atoms with Crippen LogP contribution < -0.4 is 9.62 Å². The Balaban J connectivity index is 1.59. The van der Waals surface area contributed by atoms with Gasteiger partial charge in [0.05, 0.1) is 10.8 Å². The van der Waals surface area contributed by atoms with Crippen LogP contribution in [-0.2, 0) is 24.4 Å². The van der Waals surface area contributed by atoms with Gasteiger partial charge in [-0.3, -0.25) is 4.79 Å². The number of rotatable bonds is 6. The van der Waals surface area contributed by atoms with E-state index in [0.717, 1.165) is 0 Å². The maximum atomic E-state index is 12.9. The maximum Gasteiger partial charge on any atom is 0.329 e. The topological polar surface area (TPSA) is 90.9 Å². The molecule has 0 aliphatic carbocycles. The van der Waals surface area contributed by atoms with Gasteiger partial charge in [0.2, 0.25) is 0 Å². The molecule has 0 atom stereocenters. The Labute approximate surface area is 156 Å². The van der Waals surface area contributed by atoms with E-state index in [1.54, 1.807) is 0 Å². The smallest absolute Gasteiger partial charge is 0.329 e. The Hall–Kier alpha value is -2.49. The van der Waals surface area contributed by atoms with Crippen LogP contribution in [0.15, 0.2) is 53.4 Å². The largest absolute Gasteiger partial charge is 0.457 e. The zero-order valence-electron chi connectivity index (χ0n) is 14.3. The molecule has 0 aromatic heterocycles. The Morgan fingerprint density at radius 1 is 1.00 bits per heavy atom. The second kappa shape index (κ2) is 8.47. The number of sulfonamides is 1. The summed E-state index contributed by atoms with van der Waals surface area (Å²) in [6, 6.07) is 10.9. The summed E-state index contributed by atoms with van der Waals surface area (Å²) in [6.07, 6.45) is 0.992. The lowest BCUT2D eigenvalue weighted by Gasteiger charge is -2.20. The van der Waals surface area contributed by atoms with Gasteiger partial charge < -0.3 is 14.3 Å². The molecule has 0 amide bonds. The van der Waals surface area contributed by atoms with Gasteiger partial charge in [0.25, 0.3) is 10.0 Å². The molecule has 0 unspecified atom stereocenters. The molecule has 9 heteroatoms. The van der Waals surface area contributed by atoms with Crippen LogP contribution in [0.4, 0.5) is 4.39 Å². The van der Waals surface area contributed by atoms with E-state index in [1.807, 2.05) is 4.89 Å². The molecule has 2 aromatic rings. The van der Waals surface area contributed by atoms with Gasteiger partial charge in [-0.2, -0.15) is 0 Å². The first kappa shape index (κ1) is 19.3. The monoisotopic (exact) mass is 395 g/mol. The third-order valence-corrected chi connectivity index (χ3v) is 5.19. The number of benzene rings is 2.